The van der Waals surface area contributed by atoms with E-state index in [-0.39, 0.29) is 19.3 Å². The fourth-order valence-electron chi connectivity index (χ4n) is 3.79. The van der Waals surface area contributed by atoms with Gasteiger partial charge in [-0.1, -0.05) is 18.2 Å². The summed E-state index contributed by atoms with van der Waals surface area (Å²) in [5, 5.41) is 36.4. The van der Waals surface area contributed by atoms with E-state index in [2.05, 4.69) is 20.9 Å². The van der Waals surface area contributed by atoms with Gasteiger partial charge in [0.2, 0.25) is 17.7 Å². The van der Waals surface area contributed by atoms with Crippen LogP contribution in [0.3, 0.4) is 0 Å². The molecule has 39 heavy (non-hydrogen) atoms. The number of carboxylic acid groups (broad SMARTS) is 2. The van der Waals surface area contributed by atoms with Gasteiger partial charge in [-0.3, -0.25) is 19.2 Å². The zero-order chi connectivity index (χ0) is 29.1. The van der Waals surface area contributed by atoms with Gasteiger partial charge in [0.1, 0.15) is 24.2 Å². The molecule has 2 rings (SSSR count). The topological polar surface area (TPSA) is 224 Å². The molecule has 1 aromatic carbocycles. The highest BCUT2D eigenvalue weighted by Gasteiger charge is 2.31. The van der Waals surface area contributed by atoms with Crippen molar-refractivity contribution >= 4 is 52.3 Å². The van der Waals surface area contributed by atoms with Crippen LogP contribution >= 0.6 is 11.8 Å². The Morgan fingerprint density at radius 2 is 1.56 bits per heavy atom. The van der Waals surface area contributed by atoms with Crippen molar-refractivity contribution < 1.29 is 39.3 Å². The van der Waals surface area contributed by atoms with Crippen molar-refractivity contribution in [2.75, 3.05) is 12.0 Å². The van der Waals surface area contributed by atoms with Crippen molar-refractivity contribution in [3.05, 3.63) is 36.0 Å². The highest BCUT2D eigenvalue weighted by atomic mass is 32.2. The third kappa shape index (κ3) is 9.57. The molecule has 1 heterocycles. The molecule has 3 amide bonds. The number of thioether (sulfide) groups is 1. The van der Waals surface area contributed by atoms with Gasteiger partial charge in [0.05, 0.1) is 6.10 Å². The Morgan fingerprint density at radius 1 is 0.949 bits per heavy atom. The molecule has 0 saturated heterocycles. The Labute approximate surface area is 229 Å². The lowest BCUT2D eigenvalue weighted by molar-refractivity contribution is -0.143. The standard InChI is InChI=1S/C25H35N5O8S/c1-13(31)21(26)24(36)30-19(11-14-12-27-16-6-4-3-5-15(14)16)23(35)28-17(7-8-20(32)33)22(34)29-18(25(37)38)9-10-39-2/h3-6,12-13,17-19,21,27,31H,7-11,26H2,1-2H3,(H,28,35)(H,29,34)(H,30,36)(H,32,33)(H,37,38). The van der Waals surface area contributed by atoms with Crippen LogP contribution in [0.5, 0.6) is 0 Å². The lowest BCUT2D eigenvalue weighted by Gasteiger charge is -2.25. The molecule has 0 aliphatic heterocycles. The molecule has 0 fully saturated rings. The van der Waals surface area contributed by atoms with Gasteiger partial charge in [-0.05, 0) is 43.4 Å². The van der Waals surface area contributed by atoms with Gasteiger partial charge in [-0.25, -0.2) is 4.79 Å². The number of carbonyl (C=O) groups excluding carboxylic acids is 3. The summed E-state index contributed by atoms with van der Waals surface area (Å²) in [4.78, 5) is 64.9. The van der Waals surface area contributed by atoms with E-state index in [9.17, 15) is 34.2 Å². The van der Waals surface area contributed by atoms with Crippen LogP contribution in [0, 0.1) is 0 Å². The lowest BCUT2D eigenvalue weighted by atomic mass is 10.0. The Balaban J connectivity index is 2.30. The van der Waals surface area contributed by atoms with Gasteiger partial charge in [-0.15, -0.1) is 0 Å². The lowest BCUT2D eigenvalue weighted by Crippen LogP contribution is -2.58. The summed E-state index contributed by atoms with van der Waals surface area (Å²) in [7, 11) is 0. The number of aliphatic hydroxyl groups is 1. The van der Waals surface area contributed by atoms with Crippen molar-refractivity contribution in [2.24, 2.45) is 5.73 Å². The van der Waals surface area contributed by atoms with Crippen molar-refractivity contribution in [1.82, 2.24) is 20.9 Å². The van der Waals surface area contributed by atoms with E-state index >= 15 is 0 Å². The number of aromatic nitrogens is 1. The molecule has 5 unspecified atom stereocenters. The summed E-state index contributed by atoms with van der Waals surface area (Å²) < 4.78 is 0. The molecule has 5 atom stereocenters. The number of hydrogen-bond acceptors (Lipinski definition) is 8. The number of fused-ring (bicyclic) bond motifs is 1. The number of aliphatic hydroxyl groups excluding tert-OH is 1. The third-order valence-electron chi connectivity index (χ3n) is 6.06. The zero-order valence-corrected chi connectivity index (χ0v) is 22.5. The van der Waals surface area contributed by atoms with Crippen molar-refractivity contribution in [3.8, 4) is 0 Å². The van der Waals surface area contributed by atoms with E-state index in [1.54, 1.807) is 18.5 Å². The summed E-state index contributed by atoms with van der Waals surface area (Å²) in [6, 6.07) is 2.07. The van der Waals surface area contributed by atoms with Crippen LogP contribution in [-0.2, 0) is 30.4 Å². The molecule has 0 radical (unpaired) electrons. The number of amides is 3. The smallest absolute Gasteiger partial charge is 0.326 e. The second-order valence-corrected chi connectivity index (χ2v) is 10.1. The number of carboxylic acids is 2. The summed E-state index contributed by atoms with van der Waals surface area (Å²) in [6.45, 7) is 1.32. The zero-order valence-electron chi connectivity index (χ0n) is 21.7. The molecule has 9 N–H and O–H groups in total. The predicted octanol–water partition coefficient (Wildman–Crippen LogP) is -0.425. The monoisotopic (exact) mass is 565 g/mol. The summed E-state index contributed by atoms with van der Waals surface area (Å²) in [5.41, 5.74) is 7.21. The highest BCUT2D eigenvalue weighted by Crippen LogP contribution is 2.19. The number of carbonyl (C=O) groups is 5. The third-order valence-corrected chi connectivity index (χ3v) is 6.70. The van der Waals surface area contributed by atoms with Crippen LogP contribution < -0.4 is 21.7 Å². The Kier molecular flexibility index (Phi) is 12.2. The molecular formula is C25H35N5O8S. The number of para-hydroxylation sites is 1. The van der Waals surface area contributed by atoms with E-state index < -0.39 is 66.4 Å². The molecule has 14 heteroatoms. The van der Waals surface area contributed by atoms with E-state index in [1.165, 1.54) is 18.7 Å². The van der Waals surface area contributed by atoms with Crippen molar-refractivity contribution in [3.63, 3.8) is 0 Å². The van der Waals surface area contributed by atoms with Crippen molar-refractivity contribution in [2.45, 2.75) is 62.9 Å². The number of nitrogens with two attached hydrogens (primary N) is 1. The minimum Gasteiger partial charge on any atom is -0.481 e. The van der Waals surface area contributed by atoms with E-state index in [4.69, 9.17) is 10.8 Å². The first-order valence-electron chi connectivity index (χ1n) is 12.3. The number of rotatable bonds is 16. The first kappa shape index (κ1) is 31.6. The second kappa shape index (κ2) is 15.1. The van der Waals surface area contributed by atoms with Gasteiger partial charge in [0, 0.05) is 29.9 Å². The first-order chi connectivity index (χ1) is 18.4. The number of nitrogens with one attached hydrogen (secondary N) is 4. The minimum absolute atomic E-state index is 0.0210. The SMILES string of the molecule is CSCCC(NC(=O)C(CCC(=O)O)NC(=O)C(Cc1c[nH]c2ccccc12)NC(=O)C(N)C(C)O)C(=O)O. The number of hydrogen-bond donors (Lipinski definition) is 8. The number of aromatic amines is 1. The Bertz CT molecular complexity index is 1170. The Morgan fingerprint density at radius 3 is 2.18 bits per heavy atom. The summed E-state index contributed by atoms with van der Waals surface area (Å²) >= 11 is 1.39. The van der Waals surface area contributed by atoms with Crippen LogP contribution in [0.4, 0.5) is 0 Å². The van der Waals surface area contributed by atoms with Crippen LogP contribution in [0.2, 0.25) is 0 Å². The Hall–Kier alpha value is -3.62. The molecule has 0 spiro atoms. The average molecular weight is 566 g/mol. The van der Waals surface area contributed by atoms with Gasteiger partial charge >= 0.3 is 11.9 Å². The predicted molar refractivity (Wildman–Crippen MR) is 145 cm³/mol. The maximum Gasteiger partial charge on any atom is 0.326 e. The highest BCUT2D eigenvalue weighted by molar-refractivity contribution is 7.98. The molecule has 214 valence electrons. The van der Waals surface area contributed by atoms with E-state index in [1.807, 2.05) is 18.2 Å². The van der Waals surface area contributed by atoms with Crippen LogP contribution in [-0.4, -0.2) is 92.2 Å². The van der Waals surface area contributed by atoms with Gasteiger partial charge < -0.3 is 42.0 Å². The minimum atomic E-state index is -1.39. The van der Waals surface area contributed by atoms with E-state index in [0.29, 0.717) is 11.3 Å². The van der Waals surface area contributed by atoms with Gasteiger partial charge in [0.15, 0.2) is 0 Å². The normalized spacial score (nSPS) is 15.0. The molecule has 13 nitrogen and oxygen atoms in total. The van der Waals surface area contributed by atoms with Crippen LogP contribution in [0.25, 0.3) is 10.9 Å². The average Bonchev–Trinajstić information content (AvgIpc) is 3.30. The summed E-state index contributed by atoms with van der Waals surface area (Å²) in [6.07, 6.45) is 1.55. The van der Waals surface area contributed by atoms with E-state index in [0.717, 1.165) is 10.9 Å². The quantitative estimate of drug-likeness (QED) is 0.131. The molecule has 0 aliphatic carbocycles. The van der Waals surface area contributed by atoms with Crippen LogP contribution in [0.15, 0.2) is 30.5 Å². The van der Waals surface area contributed by atoms with Crippen molar-refractivity contribution in [1.29, 1.82) is 0 Å². The molecule has 0 bridgehead atoms. The fraction of sp³-hybridized carbons (Fsp3) is 0.480. The fourth-order valence-corrected chi connectivity index (χ4v) is 4.26. The molecular weight excluding hydrogens is 530 g/mol. The molecule has 1 aromatic heterocycles. The summed E-state index contributed by atoms with van der Waals surface area (Å²) in [5.74, 6) is -4.52. The molecule has 2 aromatic rings. The molecule has 0 aliphatic rings. The van der Waals surface area contributed by atoms with Gasteiger partial charge in [-0.2, -0.15) is 11.8 Å². The van der Waals surface area contributed by atoms with Gasteiger partial charge in [0.25, 0.3) is 0 Å². The largest absolute Gasteiger partial charge is 0.481 e. The maximum atomic E-state index is 13.4. The number of aliphatic carboxylic acids is 2. The number of benzene rings is 1. The second-order valence-electron chi connectivity index (χ2n) is 9.07. The molecule has 0 saturated carbocycles. The van der Waals surface area contributed by atoms with Crippen LogP contribution in [0.1, 0.15) is 31.7 Å². The number of H-pyrrole nitrogens is 1. The maximum absolute atomic E-state index is 13.4. The first-order valence-corrected chi connectivity index (χ1v) is 13.7.